The zero-order chi connectivity index (χ0) is 12.8. The predicted octanol–water partition coefficient (Wildman–Crippen LogP) is 2.48. The molecule has 5 heteroatoms. The molecule has 96 valence electrons. The monoisotopic (exact) mass is 260 g/mol. The van der Waals surface area contributed by atoms with Crippen LogP contribution in [0.5, 0.6) is 0 Å². The molecular weight excluding hydrogens is 242 g/mol. The number of rotatable bonds is 6. The number of benzene rings is 1. The molecular formula is C12H18F2N2S. The van der Waals surface area contributed by atoms with Crippen LogP contribution in [0.15, 0.2) is 18.2 Å². The molecule has 0 aliphatic heterocycles. The van der Waals surface area contributed by atoms with Gasteiger partial charge in [-0.25, -0.2) is 8.78 Å². The van der Waals surface area contributed by atoms with Crippen LogP contribution in [0, 0.1) is 11.6 Å². The van der Waals surface area contributed by atoms with Crippen LogP contribution in [0.3, 0.4) is 0 Å². The van der Waals surface area contributed by atoms with E-state index in [0.717, 1.165) is 11.8 Å². The van der Waals surface area contributed by atoms with E-state index in [9.17, 15) is 8.78 Å². The first-order valence-corrected chi connectivity index (χ1v) is 6.60. The molecule has 17 heavy (non-hydrogen) atoms. The van der Waals surface area contributed by atoms with E-state index in [2.05, 4.69) is 19.3 Å². The van der Waals surface area contributed by atoms with Crippen molar-refractivity contribution in [1.82, 2.24) is 5.43 Å². The van der Waals surface area contributed by atoms with Crippen molar-refractivity contribution in [3.05, 3.63) is 35.4 Å². The average Bonchev–Trinajstić information content (AvgIpc) is 2.29. The van der Waals surface area contributed by atoms with E-state index in [1.165, 1.54) is 6.07 Å². The first kappa shape index (κ1) is 14.4. The van der Waals surface area contributed by atoms with Crippen molar-refractivity contribution >= 4 is 11.8 Å². The summed E-state index contributed by atoms with van der Waals surface area (Å²) in [6, 6.07) is 4.16. The molecule has 1 unspecified atom stereocenters. The Morgan fingerprint density at radius 3 is 2.65 bits per heavy atom. The minimum absolute atomic E-state index is 0.0568. The number of thioether (sulfide) groups is 1. The molecule has 0 saturated carbocycles. The van der Waals surface area contributed by atoms with Gasteiger partial charge in [0.05, 0.1) is 0 Å². The quantitative estimate of drug-likeness (QED) is 0.609. The summed E-state index contributed by atoms with van der Waals surface area (Å²) >= 11 is 1.73. The van der Waals surface area contributed by atoms with Gasteiger partial charge in [0.25, 0.3) is 0 Å². The first-order chi connectivity index (χ1) is 8.04. The van der Waals surface area contributed by atoms with Crippen molar-refractivity contribution in [3.8, 4) is 0 Å². The van der Waals surface area contributed by atoms with Crippen molar-refractivity contribution in [2.45, 2.75) is 31.6 Å². The molecule has 0 spiro atoms. The fourth-order valence-electron chi connectivity index (χ4n) is 1.45. The molecule has 0 amide bonds. The Labute approximate surface area is 105 Å². The van der Waals surface area contributed by atoms with Gasteiger partial charge in [0.2, 0.25) is 0 Å². The molecule has 1 aromatic carbocycles. The van der Waals surface area contributed by atoms with Gasteiger partial charge in [0, 0.05) is 11.8 Å². The third-order valence-electron chi connectivity index (χ3n) is 2.36. The highest BCUT2D eigenvalue weighted by molar-refractivity contribution is 7.99. The molecule has 0 bridgehead atoms. The Morgan fingerprint density at radius 1 is 1.35 bits per heavy atom. The fraction of sp³-hybridized carbons (Fsp3) is 0.500. The zero-order valence-corrected chi connectivity index (χ0v) is 10.9. The molecule has 0 radical (unpaired) electrons. The number of halogens is 2. The fourth-order valence-corrected chi connectivity index (χ4v) is 2.28. The molecule has 3 N–H and O–H groups in total. The summed E-state index contributed by atoms with van der Waals surface area (Å²) in [7, 11) is 0. The molecule has 1 atom stereocenters. The van der Waals surface area contributed by atoms with E-state index >= 15 is 0 Å². The van der Waals surface area contributed by atoms with Crippen LogP contribution >= 0.6 is 11.8 Å². The van der Waals surface area contributed by atoms with Crippen LogP contribution in [-0.2, 0) is 6.42 Å². The minimum atomic E-state index is -0.810. The summed E-state index contributed by atoms with van der Waals surface area (Å²) in [5.74, 6) is 4.60. The van der Waals surface area contributed by atoms with Gasteiger partial charge in [-0.15, -0.1) is 0 Å². The number of hydrazine groups is 1. The SMILES string of the molecule is CC(C)SCC(Cc1cccc(F)c1F)NN. The molecule has 1 rings (SSSR count). The third-order valence-corrected chi connectivity index (χ3v) is 3.63. The molecule has 0 aromatic heterocycles. The van der Waals surface area contributed by atoms with Crippen molar-refractivity contribution < 1.29 is 8.78 Å². The van der Waals surface area contributed by atoms with Crippen LogP contribution in [0.2, 0.25) is 0 Å². The Bertz CT molecular complexity index is 358. The highest BCUT2D eigenvalue weighted by Gasteiger charge is 2.14. The second-order valence-electron chi connectivity index (χ2n) is 4.16. The molecule has 0 fully saturated rings. The third kappa shape index (κ3) is 4.61. The number of nitrogens with two attached hydrogens (primary N) is 1. The van der Waals surface area contributed by atoms with Crippen LogP contribution < -0.4 is 11.3 Å². The Hall–Kier alpha value is -0.650. The second kappa shape index (κ2) is 6.93. The number of nitrogens with one attached hydrogen (secondary N) is 1. The van der Waals surface area contributed by atoms with Gasteiger partial charge >= 0.3 is 0 Å². The zero-order valence-electron chi connectivity index (χ0n) is 10.0. The van der Waals surface area contributed by atoms with Gasteiger partial charge in [0.1, 0.15) is 0 Å². The number of hydrogen-bond donors (Lipinski definition) is 2. The van der Waals surface area contributed by atoms with E-state index in [1.54, 1.807) is 17.8 Å². The van der Waals surface area contributed by atoms with Crippen molar-refractivity contribution in [3.63, 3.8) is 0 Å². The van der Waals surface area contributed by atoms with E-state index in [1.807, 2.05) is 0 Å². The van der Waals surface area contributed by atoms with E-state index in [0.29, 0.717) is 17.2 Å². The van der Waals surface area contributed by atoms with Gasteiger partial charge in [0.15, 0.2) is 11.6 Å². The lowest BCUT2D eigenvalue weighted by Gasteiger charge is -2.17. The highest BCUT2D eigenvalue weighted by atomic mass is 32.2. The summed E-state index contributed by atoms with van der Waals surface area (Å²) in [6.07, 6.45) is 0.389. The van der Waals surface area contributed by atoms with Gasteiger partial charge < -0.3 is 0 Å². The highest BCUT2D eigenvalue weighted by Crippen LogP contribution is 2.16. The Balaban J connectivity index is 2.64. The smallest absolute Gasteiger partial charge is 0.162 e. The summed E-state index contributed by atoms with van der Waals surface area (Å²) in [5.41, 5.74) is 3.00. The van der Waals surface area contributed by atoms with Gasteiger partial charge in [-0.05, 0) is 23.3 Å². The molecule has 0 heterocycles. The number of hydrogen-bond acceptors (Lipinski definition) is 3. The van der Waals surface area contributed by atoms with Crippen molar-refractivity contribution in [2.75, 3.05) is 5.75 Å². The maximum Gasteiger partial charge on any atom is 0.162 e. The van der Waals surface area contributed by atoms with Crippen molar-refractivity contribution in [2.24, 2.45) is 5.84 Å². The minimum Gasteiger partial charge on any atom is -0.271 e. The summed E-state index contributed by atoms with van der Waals surface area (Å²) in [6.45, 7) is 4.17. The van der Waals surface area contributed by atoms with Gasteiger partial charge in [-0.3, -0.25) is 11.3 Å². The predicted molar refractivity (Wildman–Crippen MR) is 68.8 cm³/mol. The normalized spacial score (nSPS) is 13.1. The Morgan fingerprint density at radius 2 is 2.06 bits per heavy atom. The second-order valence-corrected chi connectivity index (χ2v) is 5.77. The van der Waals surface area contributed by atoms with Crippen molar-refractivity contribution in [1.29, 1.82) is 0 Å². The van der Waals surface area contributed by atoms with E-state index < -0.39 is 11.6 Å². The van der Waals surface area contributed by atoms with Gasteiger partial charge in [-0.1, -0.05) is 26.0 Å². The lowest BCUT2D eigenvalue weighted by molar-refractivity contribution is 0.486. The van der Waals surface area contributed by atoms with Crippen LogP contribution in [0.4, 0.5) is 8.78 Å². The largest absolute Gasteiger partial charge is 0.271 e. The molecule has 0 saturated heterocycles. The standard InChI is InChI=1S/C12H18F2N2S/c1-8(2)17-7-10(16-15)6-9-4-3-5-11(13)12(9)14/h3-5,8,10,16H,6-7,15H2,1-2H3. The Kier molecular flexibility index (Phi) is 5.88. The van der Waals surface area contributed by atoms with E-state index in [-0.39, 0.29) is 6.04 Å². The lowest BCUT2D eigenvalue weighted by Crippen LogP contribution is -2.39. The first-order valence-electron chi connectivity index (χ1n) is 5.55. The molecule has 2 nitrogen and oxygen atoms in total. The molecule has 1 aromatic rings. The molecule has 0 aliphatic rings. The van der Waals surface area contributed by atoms with Gasteiger partial charge in [-0.2, -0.15) is 11.8 Å². The van der Waals surface area contributed by atoms with Crippen LogP contribution in [0.1, 0.15) is 19.4 Å². The summed E-state index contributed by atoms with van der Waals surface area (Å²) < 4.78 is 26.5. The summed E-state index contributed by atoms with van der Waals surface area (Å²) in [4.78, 5) is 0. The van der Waals surface area contributed by atoms with Crippen LogP contribution in [0.25, 0.3) is 0 Å². The lowest BCUT2D eigenvalue weighted by atomic mass is 10.1. The van der Waals surface area contributed by atoms with E-state index in [4.69, 9.17) is 5.84 Å². The maximum absolute atomic E-state index is 13.4. The van der Waals surface area contributed by atoms with Crippen LogP contribution in [-0.4, -0.2) is 17.0 Å². The topological polar surface area (TPSA) is 38.0 Å². The maximum atomic E-state index is 13.4. The summed E-state index contributed by atoms with van der Waals surface area (Å²) in [5, 5.41) is 0.489. The average molecular weight is 260 g/mol. The molecule has 0 aliphatic carbocycles.